The summed E-state index contributed by atoms with van der Waals surface area (Å²) in [5.74, 6) is 0.524. The molecule has 2 rings (SSSR count). The van der Waals surface area contributed by atoms with Crippen molar-refractivity contribution in [3.05, 3.63) is 78.2 Å². The van der Waals surface area contributed by atoms with Crippen LogP contribution in [0.1, 0.15) is 49.7 Å². The minimum absolute atomic E-state index is 0.524. The van der Waals surface area contributed by atoms with Gasteiger partial charge in [-0.05, 0) is 30.4 Å². The van der Waals surface area contributed by atoms with Gasteiger partial charge < -0.3 is 0 Å². The molecule has 0 spiro atoms. The van der Waals surface area contributed by atoms with Gasteiger partial charge in [0.25, 0.3) is 0 Å². The molecule has 19 heavy (non-hydrogen) atoms. The van der Waals surface area contributed by atoms with Crippen LogP contribution in [0, 0.1) is 6.42 Å². The fraction of sp³-hybridized carbons (Fsp3) is 0.316. The van der Waals surface area contributed by atoms with Crippen molar-refractivity contribution in [1.29, 1.82) is 0 Å². The van der Waals surface area contributed by atoms with Gasteiger partial charge in [-0.1, -0.05) is 80.4 Å². The van der Waals surface area contributed by atoms with Crippen molar-refractivity contribution >= 4 is 0 Å². The Hall–Kier alpha value is -1.56. The molecule has 0 atom stereocenters. The van der Waals surface area contributed by atoms with Crippen molar-refractivity contribution in [2.75, 3.05) is 0 Å². The molecule has 99 valence electrons. The minimum Gasteiger partial charge on any atom is -0.0654 e. The first-order valence-corrected chi connectivity index (χ1v) is 7.33. The van der Waals surface area contributed by atoms with E-state index in [0.29, 0.717) is 5.92 Å². The van der Waals surface area contributed by atoms with Crippen molar-refractivity contribution in [2.24, 2.45) is 0 Å². The van der Waals surface area contributed by atoms with E-state index in [1.165, 1.54) is 36.8 Å². The van der Waals surface area contributed by atoms with Crippen LogP contribution in [0.15, 0.2) is 60.7 Å². The summed E-state index contributed by atoms with van der Waals surface area (Å²) in [5, 5.41) is 0. The van der Waals surface area contributed by atoms with Crippen molar-refractivity contribution in [1.82, 2.24) is 0 Å². The normalized spacial score (nSPS) is 10.8. The lowest BCUT2D eigenvalue weighted by molar-refractivity contribution is 0.683. The molecule has 2 aromatic rings. The van der Waals surface area contributed by atoms with Crippen LogP contribution in [0.5, 0.6) is 0 Å². The van der Waals surface area contributed by atoms with Crippen LogP contribution >= 0.6 is 0 Å². The van der Waals surface area contributed by atoms with Gasteiger partial charge in [0.2, 0.25) is 0 Å². The molecule has 0 unspecified atom stereocenters. The summed E-state index contributed by atoms with van der Waals surface area (Å²) in [6.45, 7) is 2.24. The fourth-order valence-corrected chi connectivity index (χ4v) is 2.53. The molecule has 0 aliphatic carbocycles. The van der Waals surface area contributed by atoms with E-state index in [1.54, 1.807) is 0 Å². The SMILES string of the molecule is CCC[CH]CCC(c1ccccc1)c1ccccc1. The second-order valence-electron chi connectivity index (χ2n) is 5.03. The molecule has 0 saturated carbocycles. The van der Waals surface area contributed by atoms with Crippen molar-refractivity contribution in [3.8, 4) is 0 Å². The van der Waals surface area contributed by atoms with Crippen LogP contribution in [-0.2, 0) is 0 Å². The van der Waals surface area contributed by atoms with E-state index in [4.69, 9.17) is 0 Å². The van der Waals surface area contributed by atoms with Crippen LogP contribution in [0.3, 0.4) is 0 Å². The Balaban J connectivity index is 2.10. The van der Waals surface area contributed by atoms with E-state index in [9.17, 15) is 0 Å². The highest BCUT2D eigenvalue weighted by Crippen LogP contribution is 2.29. The van der Waals surface area contributed by atoms with Gasteiger partial charge in [0.1, 0.15) is 0 Å². The van der Waals surface area contributed by atoms with Gasteiger partial charge in [-0.25, -0.2) is 0 Å². The third kappa shape index (κ3) is 4.24. The van der Waals surface area contributed by atoms with Gasteiger partial charge in [0.15, 0.2) is 0 Å². The monoisotopic (exact) mass is 251 g/mol. The third-order valence-electron chi connectivity index (χ3n) is 3.56. The predicted molar refractivity (Wildman–Crippen MR) is 83.2 cm³/mol. The van der Waals surface area contributed by atoms with Crippen LogP contribution in [-0.4, -0.2) is 0 Å². The highest BCUT2D eigenvalue weighted by molar-refractivity contribution is 5.32. The van der Waals surface area contributed by atoms with Gasteiger partial charge in [-0.3, -0.25) is 0 Å². The van der Waals surface area contributed by atoms with Crippen LogP contribution in [0.25, 0.3) is 0 Å². The lowest BCUT2D eigenvalue weighted by atomic mass is 9.87. The van der Waals surface area contributed by atoms with E-state index in [-0.39, 0.29) is 0 Å². The molecule has 2 aromatic carbocycles. The topological polar surface area (TPSA) is 0 Å². The van der Waals surface area contributed by atoms with Crippen LogP contribution in [0.2, 0.25) is 0 Å². The average molecular weight is 251 g/mol. The molecule has 0 N–H and O–H groups in total. The maximum atomic E-state index is 2.43. The van der Waals surface area contributed by atoms with Crippen molar-refractivity contribution < 1.29 is 0 Å². The number of benzene rings is 2. The Labute approximate surface area is 117 Å². The van der Waals surface area contributed by atoms with Gasteiger partial charge >= 0.3 is 0 Å². The van der Waals surface area contributed by atoms with E-state index in [0.717, 1.165) is 0 Å². The first-order chi connectivity index (χ1) is 9.42. The summed E-state index contributed by atoms with van der Waals surface area (Å²) in [6, 6.07) is 21.7. The van der Waals surface area contributed by atoms with Crippen LogP contribution in [0.4, 0.5) is 0 Å². The highest BCUT2D eigenvalue weighted by Gasteiger charge is 2.12. The standard InChI is InChI=1S/C19H23/c1-2-3-4-11-16-19(17-12-7-5-8-13-17)18-14-9-6-10-15-18/h4-10,12-15,19H,2-3,11,16H2,1H3. The van der Waals surface area contributed by atoms with E-state index < -0.39 is 0 Å². The Bertz CT molecular complexity index is 404. The Kier molecular flexibility index (Phi) is 5.68. The maximum absolute atomic E-state index is 2.43. The Morgan fingerprint density at radius 1 is 0.789 bits per heavy atom. The van der Waals surface area contributed by atoms with Gasteiger partial charge in [0.05, 0.1) is 0 Å². The molecular weight excluding hydrogens is 228 g/mol. The molecule has 0 aliphatic rings. The number of rotatable bonds is 7. The summed E-state index contributed by atoms with van der Waals surface area (Å²) in [4.78, 5) is 0. The molecule has 0 aromatic heterocycles. The van der Waals surface area contributed by atoms with Crippen LogP contribution < -0.4 is 0 Å². The van der Waals surface area contributed by atoms with Crippen molar-refractivity contribution in [3.63, 3.8) is 0 Å². The molecule has 1 radical (unpaired) electrons. The van der Waals surface area contributed by atoms with Crippen molar-refractivity contribution in [2.45, 2.75) is 38.5 Å². The molecule has 0 heteroatoms. The minimum atomic E-state index is 0.524. The fourth-order valence-electron chi connectivity index (χ4n) is 2.53. The van der Waals surface area contributed by atoms with Gasteiger partial charge in [-0.2, -0.15) is 0 Å². The molecule has 0 aliphatic heterocycles. The number of hydrogen-bond donors (Lipinski definition) is 0. The quantitative estimate of drug-likeness (QED) is 0.562. The molecule has 0 fully saturated rings. The molecule has 0 saturated heterocycles. The highest BCUT2D eigenvalue weighted by atomic mass is 14.2. The Morgan fingerprint density at radius 3 is 1.79 bits per heavy atom. The zero-order valence-electron chi connectivity index (χ0n) is 11.8. The second kappa shape index (κ2) is 7.78. The van der Waals surface area contributed by atoms with E-state index >= 15 is 0 Å². The van der Waals surface area contributed by atoms with Gasteiger partial charge in [0, 0.05) is 5.92 Å². The zero-order chi connectivity index (χ0) is 13.3. The molecule has 0 heterocycles. The van der Waals surface area contributed by atoms with E-state index in [2.05, 4.69) is 74.0 Å². The predicted octanol–water partition coefficient (Wildman–Crippen LogP) is 5.60. The maximum Gasteiger partial charge on any atom is 0.00894 e. The lowest BCUT2D eigenvalue weighted by Gasteiger charge is -2.18. The summed E-state index contributed by atoms with van der Waals surface area (Å²) in [5.41, 5.74) is 2.86. The Morgan fingerprint density at radius 2 is 1.32 bits per heavy atom. The first-order valence-electron chi connectivity index (χ1n) is 7.33. The first kappa shape index (κ1) is 13.9. The third-order valence-corrected chi connectivity index (χ3v) is 3.56. The van der Waals surface area contributed by atoms with E-state index in [1.807, 2.05) is 0 Å². The molecule has 0 amide bonds. The number of hydrogen-bond acceptors (Lipinski definition) is 0. The summed E-state index contributed by atoms with van der Waals surface area (Å²) < 4.78 is 0. The second-order valence-corrected chi connectivity index (χ2v) is 5.03. The smallest absolute Gasteiger partial charge is 0.00894 e. The lowest BCUT2D eigenvalue weighted by Crippen LogP contribution is -2.01. The molecule has 0 bridgehead atoms. The molecule has 0 nitrogen and oxygen atoms in total. The zero-order valence-corrected chi connectivity index (χ0v) is 11.8. The molecular formula is C19H23. The summed E-state index contributed by atoms with van der Waals surface area (Å²) in [6.07, 6.45) is 7.31. The summed E-state index contributed by atoms with van der Waals surface area (Å²) in [7, 11) is 0. The summed E-state index contributed by atoms with van der Waals surface area (Å²) >= 11 is 0. The van der Waals surface area contributed by atoms with Gasteiger partial charge in [-0.15, -0.1) is 0 Å². The average Bonchev–Trinajstić information content (AvgIpc) is 2.49. The largest absolute Gasteiger partial charge is 0.0654 e. The number of unbranched alkanes of at least 4 members (excludes halogenated alkanes) is 3.